The van der Waals surface area contributed by atoms with Crippen LogP contribution >= 0.6 is 0 Å². The second-order valence-electron chi connectivity index (χ2n) is 9.34. The minimum atomic E-state index is 0. The van der Waals surface area contributed by atoms with E-state index in [1.807, 2.05) is 0 Å². The third kappa shape index (κ3) is 17.2. The Balaban J connectivity index is 0.000000358. The van der Waals surface area contributed by atoms with Crippen LogP contribution in [0.2, 0.25) is 0 Å². The van der Waals surface area contributed by atoms with Gasteiger partial charge in [-0.3, -0.25) is 0 Å². The molecule has 0 bridgehead atoms. The van der Waals surface area contributed by atoms with Crippen molar-refractivity contribution in [2.75, 3.05) is 101 Å². The maximum atomic E-state index is 2.39. The molecule has 0 saturated carbocycles. The first-order valence-corrected chi connectivity index (χ1v) is 11.9. The molecule has 5 heteroatoms. The lowest BCUT2D eigenvalue weighted by atomic mass is 10.1. The van der Waals surface area contributed by atoms with Gasteiger partial charge in [-0.1, -0.05) is 20.3 Å². The van der Waals surface area contributed by atoms with Crippen molar-refractivity contribution in [1.29, 1.82) is 0 Å². The highest BCUT2D eigenvalue weighted by molar-refractivity contribution is 4.64. The molecule has 0 aliphatic carbocycles. The van der Waals surface area contributed by atoms with Crippen LogP contribution in [0.25, 0.3) is 0 Å². The fourth-order valence-electron chi connectivity index (χ4n) is 3.89. The standard InChI is InChI=1S/C6H14N2.2C6H13N.C5H11N.CH4/c1-7-3-5-8(2)6-4-7;2*1-7-5-3-2-4-6-7;1-6-4-2-3-5-6;/h3-6H2,1-2H3;2*2-6H2,1H3;2-5H2,1H3;1H4. The molecule has 0 aromatic carbocycles. The van der Waals surface area contributed by atoms with E-state index in [1.165, 1.54) is 117 Å². The van der Waals surface area contributed by atoms with Gasteiger partial charge in [-0.15, -0.1) is 0 Å². The third-order valence-corrected chi connectivity index (χ3v) is 6.22. The maximum absolute atomic E-state index is 2.39. The number of piperidine rings is 2. The summed E-state index contributed by atoms with van der Waals surface area (Å²) in [5, 5.41) is 0. The number of nitrogens with zero attached hydrogens (tertiary/aromatic N) is 5. The summed E-state index contributed by atoms with van der Waals surface area (Å²) in [7, 11) is 10.9. The van der Waals surface area contributed by atoms with Crippen LogP contribution in [0.15, 0.2) is 0 Å². The molecular formula is C24H55N5. The molecule has 29 heavy (non-hydrogen) atoms. The molecule has 0 spiro atoms. The highest BCUT2D eigenvalue weighted by atomic mass is 15.2. The van der Waals surface area contributed by atoms with Crippen molar-refractivity contribution >= 4 is 0 Å². The third-order valence-electron chi connectivity index (χ3n) is 6.22. The van der Waals surface area contributed by atoms with Crippen LogP contribution in [-0.2, 0) is 0 Å². The molecule has 4 saturated heterocycles. The molecule has 176 valence electrons. The fraction of sp³-hybridized carbons (Fsp3) is 1.00. The molecule has 0 amide bonds. The van der Waals surface area contributed by atoms with Gasteiger partial charge in [0.1, 0.15) is 0 Å². The van der Waals surface area contributed by atoms with E-state index >= 15 is 0 Å². The average Bonchev–Trinajstić information content (AvgIpc) is 3.18. The molecule has 0 N–H and O–H groups in total. The largest absolute Gasteiger partial charge is 0.306 e. The van der Waals surface area contributed by atoms with Crippen molar-refractivity contribution in [3.8, 4) is 0 Å². The highest BCUT2D eigenvalue weighted by Gasteiger charge is 2.08. The lowest BCUT2D eigenvalue weighted by Crippen LogP contribution is -2.42. The first-order chi connectivity index (χ1) is 13.5. The molecule has 0 radical (unpaired) electrons. The molecule has 5 nitrogen and oxygen atoms in total. The van der Waals surface area contributed by atoms with Crippen LogP contribution < -0.4 is 0 Å². The molecule has 0 atom stereocenters. The number of likely N-dealkylation sites (N-methyl/N-ethyl adjacent to an activating group) is 2. The van der Waals surface area contributed by atoms with E-state index in [0.29, 0.717) is 0 Å². The van der Waals surface area contributed by atoms with Crippen molar-refractivity contribution in [2.45, 2.75) is 58.8 Å². The van der Waals surface area contributed by atoms with Gasteiger partial charge in [0, 0.05) is 26.2 Å². The Morgan fingerprint density at radius 3 is 0.586 bits per heavy atom. The summed E-state index contributed by atoms with van der Waals surface area (Å²) in [4.78, 5) is 11.9. The lowest BCUT2D eigenvalue weighted by Gasteiger charge is -2.28. The van der Waals surface area contributed by atoms with Crippen LogP contribution in [0.5, 0.6) is 0 Å². The van der Waals surface area contributed by atoms with Crippen LogP contribution in [0.3, 0.4) is 0 Å². The minimum Gasteiger partial charge on any atom is -0.306 e. The first kappa shape index (κ1) is 28.8. The van der Waals surface area contributed by atoms with Gasteiger partial charge in [-0.05, 0) is 113 Å². The molecule has 4 aliphatic heterocycles. The predicted octanol–water partition coefficient (Wildman–Crippen LogP) is 3.42. The Morgan fingerprint density at radius 2 is 0.448 bits per heavy atom. The van der Waals surface area contributed by atoms with Gasteiger partial charge in [0.05, 0.1) is 0 Å². The number of rotatable bonds is 0. The summed E-state index contributed by atoms with van der Waals surface area (Å²) < 4.78 is 0. The van der Waals surface area contributed by atoms with Crippen LogP contribution in [-0.4, -0.2) is 125 Å². The summed E-state index contributed by atoms with van der Waals surface area (Å²) in [6.45, 7) is 12.8. The van der Waals surface area contributed by atoms with E-state index in [9.17, 15) is 0 Å². The van der Waals surface area contributed by atoms with Crippen molar-refractivity contribution < 1.29 is 0 Å². The number of hydrogen-bond donors (Lipinski definition) is 0. The average molecular weight is 414 g/mol. The van der Waals surface area contributed by atoms with E-state index in [-0.39, 0.29) is 7.43 Å². The van der Waals surface area contributed by atoms with Crippen molar-refractivity contribution in [3.05, 3.63) is 0 Å². The number of hydrogen-bond acceptors (Lipinski definition) is 5. The highest BCUT2D eigenvalue weighted by Crippen LogP contribution is 2.05. The smallest absolute Gasteiger partial charge is 0.0107 e. The van der Waals surface area contributed by atoms with Gasteiger partial charge in [0.2, 0.25) is 0 Å². The van der Waals surface area contributed by atoms with E-state index in [2.05, 4.69) is 59.7 Å². The van der Waals surface area contributed by atoms with Gasteiger partial charge in [-0.2, -0.15) is 0 Å². The topological polar surface area (TPSA) is 16.2 Å². The van der Waals surface area contributed by atoms with Crippen LogP contribution in [0, 0.1) is 0 Å². The molecule has 4 heterocycles. The Labute approximate surface area is 184 Å². The molecule has 4 aliphatic rings. The number of piperazine rings is 1. The monoisotopic (exact) mass is 413 g/mol. The van der Waals surface area contributed by atoms with E-state index in [0.717, 1.165) is 0 Å². The van der Waals surface area contributed by atoms with Crippen molar-refractivity contribution in [2.24, 2.45) is 0 Å². The summed E-state index contributed by atoms with van der Waals surface area (Å²) in [6, 6.07) is 0. The molecular weight excluding hydrogens is 358 g/mol. The van der Waals surface area contributed by atoms with Gasteiger partial charge < -0.3 is 24.5 Å². The molecule has 4 fully saturated rings. The zero-order chi connectivity index (χ0) is 20.6. The van der Waals surface area contributed by atoms with Crippen molar-refractivity contribution in [3.63, 3.8) is 0 Å². The summed E-state index contributed by atoms with van der Waals surface area (Å²) in [5.74, 6) is 0. The molecule has 4 rings (SSSR count). The van der Waals surface area contributed by atoms with E-state index in [4.69, 9.17) is 0 Å². The quantitative estimate of drug-likeness (QED) is 0.603. The Kier molecular flexibility index (Phi) is 18.4. The SMILES string of the molecule is C.CN1CCCC1.CN1CCCCC1.CN1CCCCC1.CN1CCN(C)CC1. The number of likely N-dealkylation sites (tertiary alicyclic amines) is 3. The minimum absolute atomic E-state index is 0. The normalized spacial score (nSPS) is 24.7. The van der Waals surface area contributed by atoms with Gasteiger partial charge >= 0.3 is 0 Å². The fourth-order valence-corrected chi connectivity index (χ4v) is 3.89. The summed E-state index contributed by atoms with van der Waals surface area (Å²) >= 11 is 0. The maximum Gasteiger partial charge on any atom is 0.0107 e. The van der Waals surface area contributed by atoms with Gasteiger partial charge in [0.25, 0.3) is 0 Å². The Morgan fingerprint density at radius 1 is 0.276 bits per heavy atom. The zero-order valence-corrected chi connectivity index (χ0v) is 20.0. The molecule has 0 aromatic heterocycles. The Hall–Kier alpha value is -0.200. The van der Waals surface area contributed by atoms with Crippen molar-refractivity contribution in [1.82, 2.24) is 24.5 Å². The van der Waals surface area contributed by atoms with Gasteiger partial charge in [0.15, 0.2) is 0 Å². The predicted molar refractivity (Wildman–Crippen MR) is 131 cm³/mol. The molecule has 0 aromatic rings. The van der Waals surface area contributed by atoms with E-state index in [1.54, 1.807) is 0 Å². The zero-order valence-electron chi connectivity index (χ0n) is 20.0. The van der Waals surface area contributed by atoms with Gasteiger partial charge in [-0.25, -0.2) is 0 Å². The summed E-state index contributed by atoms with van der Waals surface area (Å²) in [6.07, 6.45) is 11.4. The van der Waals surface area contributed by atoms with Crippen LogP contribution in [0.4, 0.5) is 0 Å². The first-order valence-electron chi connectivity index (χ1n) is 11.9. The second-order valence-corrected chi connectivity index (χ2v) is 9.34. The Bertz CT molecular complexity index is 300. The summed E-state index contributed by atoms with van der Waals surface area (Å²) in [5.41, 5.74) is 0. The lowest BCUT2D eigenvalue weighted by molar-refractivity contribution is 0.181. The van der Waals surface area contributed by atoms with Crippen LogP contribution in [0.1, 0.15) is 58.8 Å². The van der Waals surface area contributed by atoms with E-state index < -0.39 is 0 Å². The second kappa shape index (κ2) is 18.6. The molecule has 0 unspecified atom stereocenters.